The number of nitrogens with zero attached hydrogens (tertiary/aromatic N) is 1. The fourth-order valence-corrected chi connectivity index (χ4v) is 4.09. The van der Waals surface area contributed by atoms with Crippen LogP contribution >= 0.6 is 12.2 Å². The molecule has 1 fully saturated rings. The number of benzene rings is 1. The summed E-state index contributed by atoms with van der Waals surface area (Å²) in [6.45, 7) is 2.48. The quantitative estimate of drug-likeness (QED) is 0.531. The standard InChI is InChI=1S/C15H22N4O3S2/c1-11-5-7-13(8-6-11)24(21,22)19-9-3-4-12(10-19)14(20)17-18-15(23)16-2/h5-8,12H,3-4,9-10H2,1-2H3,(H,17,20)(H2,16,18,23)/t12-/m0/s1. The lowest BCUT2D eigenvalue weighted by atomic mass is 9.99. The van der Waals surface area contributed by atoms with Crippen LogP contribution in [0.15, 0.2) is 29.2 Å². The number of rotatable bonds is 3. The van der Waals surface area contributed by atoms with Crippen molar-refractivity contribution < 1.29 is 13.2 Å². The minimum absolute atomic E-state index is 0.163. The van der Waals surface area contributed by atoms with Gasteiger partial charge in [-0.2, -0.15) is 4.31 Å². The van der Waals surface area contributed by atoms with E-state index < -0.39 is 15.9 Å². The fraction of sp³-hybridized carbons (Fsp3) is 0.467. The van der Waals surface area contributed by atoms with Crippen LogP contribution in [-0.4, -0.2) is 43.9 Å². The molecule has 1 aromatic rings. The van der Waals surface area contributed by atoms with E-state index in [0.29, 0.717) is 24.5 Å². The Kier molecular flexibility index (Phi) is 6.14. The molecule has 9 heteroatoms. The van der Waals surface area contributed by atoms with Gasteiger partial charge in [-0.3, -0.25) is 15.6 Å². The molecule has 1 aromatic carbocycles. The second-order valence-electron chi connectivity index (χ2n) is 5.71. The average Bonchev–Trinajstić information content (AvgIpc) is 2.59. The number of carbonyl (C=O) groups excluding carboxylic acids is 1. The van der Waals surface area contributed by atoms with Gasteiger partial charge < -0.3 is 5.32 Å². The molecule has 1 atom stereocenters. The first kappa shape index (κ1) is 18.6. The van der Waals surface area contributed by atoms with Crippen molar-refractivity contribution in [1.82, 2.24) is 20.5 Å². The first-order chi connectivity index (χ1) is 11.3. The van der Waals surface area contributed by atoms with Crippen LogP contribution in [0, 0.1) is 12.8 Å². The molecule has 132 valence electrons. The van der Waals surface area contributed by atoms with Crippen LogP contribution in [-0.2, 0) is 14.8 Å². The van der Waals surface area contributed by atoms with Crippen molar-refractivity contribution in [3.63, 3.8) is 0 Å². The van der Waals surface area contributed by atoms with Crippen molar-refractivity contribution in [2.24, 2.45) is 5.92 Å². The van der Waals surface area contributed by atoms with Crippen molar-refractivity contribution in [2.45, 2.75) is 24.7 Å². The molecule has 0 aliphatic carbocycles. The summed E-state index contributed by atoms with van der Waals surface area (Å²) in [5, 5.41) is 2.98. The number of amides is 1. The van der Waals surface area contributed by atoms with Crippen LogP contribution in [0.25, 0.3) is 0 Å². The SMILES string of the molecule is CNC(=S)NNC(=O)[C@H]1CCCN(S(=O)(=O)c2ccc(C)cc2)C1. The minimum atomic E-state index is -3.59. The van der Waals surface area contributed by atoms with Crippen LogP contribution in [0.4, 0.5) is 0 Å². The molecule has 0 spiro atoms. The minimum Gasteiger partial charge on any atom is -0.364 e. The molecular weight excluding hydrogens is 348 g/mol. The first-order valence-corrected chi connectivity index (χ1v) is 9.54. The van der Waals surface area contributed by atoms with Gasteiger partial charge in [0.05, 0.1) is 10.8 Å². The molecule has 0 unspecified atom stereocenters. The highest BCUT2D eigenvalue weighted by Gasteiger charge is 2.33. The van der Waals surface area contributed by atoms with Crippen molar-refractivity contribution in [3.8, 4) is 0 Å². The molecule has 24 heavy (non-hydrogen) atoms. The van der Waals surface area contributed by atoms with Crippen LogP contribution in [0.2, 0.25) is 0 Å². The molecule has 1 aliphatic rings. The normalized spacial score (nSPS) is 18.7. The fourth-order valence-electron chi connectivity index (χ4n) is 2.52. The maximum atomic E-state index is 12.7. The zero-order valence-corrected chi connectivity index (χ0v) is 15.3. The summed E-state index contributed by atoms with van der Waals surface area (Å²) in [5.74, 6) is -0.678. The maximum absolute atomic E-state index is 12.7. The van der Waals surface area contributed by atoms with E-state index in [2.05, 4.69) is 16.2 Å². The third kappa shape index (κ3) is 4.43. The van der Waals surface area contributed by atoms with Gasteiger partial charge in [0.2, 0.25) is 15.9 Å². The number of piperidine rings is 1. The van der Waals surface area contributed by atoms with Crippen molar-refractivity contribution in [2.75, 3.05) is 20.1 Å². The lowest BCUT2D eigenvalue weighted by Gasteiger charge is -2.31. The highest BCUT2D eigenvalue weighted by molar-refractivity contribution is 7.89. The smallest absolute Gasteiger partial charge is 0.243 e. The third-order valence-corrected chi connectivity index (χ3v) is 6.13. The number of carbonyl (C=O) groups is 1. The van der Waals surface area contributed by atoms with Crippen molar-refractivity contribution in [1.29, 1.82) is 0 Å². The Morgan fingerprint density at radius 1 is 1.25 bits per heavy atom. The van der Waals surface area contributed by atoms with Crippen LogP contribution in [0.5, 0.6) is 0 Å². The number of hydrogen-bond acceptors (Lipinski definition) is 4. The molecule has 0 bridgehead atoms. The molecule has 0 aromatic heterocycles. The van der Waals surface area contributed by atoms with Gasteiger partial charge in [0.25, 0.3) is 0 Å². The van der Waals surface area contributed by atoms with E-state index in [4.69, 9.17) is 12.2 Å². The second-order valence-corrected chi connectivity index (χ2v) is 8.05. The number of hydrazine groups is 1. The Bertz CT molecular complexity index is 704. The number of thiocarbonyl (C=S) groups is 1. The van der Waals surface area contributed by atoms with Crippen LogP contribution in [0.3, 0.4) is 0 Å². The molecular formula is C15H22N4O3S2. The third-order valence-electron chi connectivity index (χ3n) is 3.94. The van der Waals surface area contributed by atoms with Gasteiger partial charge in [0, 0.05) is 20.1 Å². The molecule has 2 rings (SSSR count). The Hall–Kier alpha value is -1.71. The highest BCUT2D eigenvalue weighted by Crippen LogP contribution is 2.24. The molecule has 1 saturated heterocycles. The summed E-state index contributed by atoms with van der Waals surface area (Å²) in [7, 11) is -1.95. The van der Waals surface area contributed by atoms with E-state index in [9.17, 15) is 13.2 Å². The zero-order chi connectivity index (χ0) is 17.7. The van der Waals surface area contributed by atoms with E-state index in [-0.39, 0.29) is 17.3 Å². The summed E-state index contributed by atoms with van der Waals surface area (Å²) in [6, 6.07) is 6.73. The summed E-state index contributed by atoms with van der Waals surface area (Å²) in [6.07, 6.45) is 1.28. The van der Waals surface area contributed by atoms with Gasteiger partial charge >= 0.3 is 0 Å². The molecule has 7 nitrogen and oxygen atoms in total. The van der Waals surface area contributed by atoms with Crippen LogP contribution in [0.1, 0.15) is 18.4 Å². The van der Waals surface area contributed by atoms with Gasteiger partial charge in [-0.1, -0.05) is 17.7 Å². The number of nitrogens with one attached hydrogen (secondary N) is 3. The Balaban J connectivity index is 2.05. The summed E-state index contributed by atoms with van der Waals surface area (Å²) >= 11 is 4.89. The monoisotopic (exact) mass is 370 g/mol. The lowest BCUT2D eigenvalue weighted by Crippen LogP contribution is -2.51. The summed E-state index contributed by atoms with van der Waals surface area (Å²) in [5.41, 5.74) is 6.08. The predicted octanol–water partition coefficient (Wildman–Crippen LogP) is 0.521. The van der Waals surface area contributed by atoms with E-state index in [1.165, 1.54) is 4.31 Å². The van der Waals surface area contributed by atoms with Gasteiger partial charge in [-0.05, 0) is 44.1 Å². The van der Waals surface area contributed by atoms with Gasteiger partial charge in [-0.25, -0.2) is 8.42 Å². The molecule has 1 heterocycles. The predicted molar refractivity (Wildman–Crippen MR) is 95.6 cm³/mol. The Labute approximate surface area is 147 Å². The van der Waals surface area contributed by atoms with Gasteiger partial charge in [0.1, 0.15) is 0 Å². The Morgan fingerprint density at radius 2 is 1.92 bits per heavy atom. The molecule has 3 N–H and O–H groups in total. The molecule has 0 radical (unpaired) electrons. The van der Waals surface area contributed by atoms with E-state index in [1.807, 2.05) is 6.92 Å². The second kappa shape index (κ2) is 7.91. The molecule has 1 aliphatic heterocycles. The lowest BCUT2D eigenvalue weighted by molar-refractivity contribution is -0.126. The van der Waals surface area contributed by atoms with E-state index >= 15 is 0 Å². The van der Waals surface area contributed by atoms with E-state index in [1.54, 1.807) is 31.3 Å². The number of hydrogen-bond donors (Lipinski definition) is 3. The number of aryl methyl sites for hydroxylation is 1. The van der Waals surface area contributed by atoms with Gasteiger partial charge in [0.15, 0.2) is 5.11 Å². The van der Waals surface area contributed by atoms with Gasteiger partial charge in [-0.15, -0.1) is 0 Å². The molecule has 1 amide bonds. The zero-order valence-electron chi connectivity index (χ0n) is 13.7. The topological polar surface area (TPSA) is 90.5 Å². The highest BCUT2D eigenvalue weighted by atomic mass is 32.2. The number of sulfonamides is 1. The average molecular weight is 371 g/mol. The Morgan fingerprint density at radius 3 is 2.54 bits per heavy atom. The van der Waals surface area contributed by atoms with Crippen LogP contribution < -0.4 is 16.2 Å². The van der Waals surface area contributed by atoms with Crippen molar-refractivity contribution >= 4 is 33.3 Å². The summed E-state index contributed by atoms with van der Waals surface area (Å²) < 4.78 is 26.8. The van der Waals surface area contributed by atoms with Crippen molar-refractivity contribution in [3.05, 3.63) is 29.8 Å². The molecule has 0 saturated carbocycles. The van der Waals surface area contributed by atoms with E-state index in [0.717, 1.165) is 5.56 Å². The largest absolute Gasteiger partial charge is 0.364 e. The summed E-state index contributed by atoms with van der Waals surface area (Å²) in [4.78, 5) is 12.4. The first-order valence-electron chi connectivity index (χ1n) is 7.69. The maximum Gasteiger partial charge on any atom is 0.243 e.